The third-order valence-corrected chi connectivity index (χ3v) is 3.81. The van der Waals surface area contributed by atoms with Crippen molar-refractivity contribution in [3.8, 4) is 0 Å². The predicted molar refractivity (Wildman–Crippen MR) is 58.6 cm³/mol. The Labute approximate surface area is 80.8 Å². The van der Waals surface area contributed by atoms with E-state index in [9.17, 15) is 0 Å². The van der Waals surface area contributed by atoms with Gasteiger partial charge in [0.2, 0.25) is 0 Å². The van der Waals surface area contributed by atoms with Gasteiger partial charge in [-0.25, -0.2) is 0 Å². The highest BCUT2D eigenvalue weighted by Gasteiger charge is 2.16. The molecule has 1 aliphatic rings. The molecular formula is C11H20S. The van der Waals surface area contributed by atoms with Crippen LogP contribution in [0.3, 0.4) is 0 Å². The number of thioether (sulfide) groups is 1. The Hall–Kier alpha value is 0.0900. The van der Waals surface area contributed by atoms with Crippen molar-refractivity contribution < 1.29 is 0 Å². The summed E-state index contributed by atoms with van der Waals surface area (Å²) in [6.45, 7) is 7.05. The van der Waals surface area contributed by atoms with Gasteiger partial charge in [-0.1, -0.05) is 32.9 Å². The highest BCUT2D eigenvalue weighted by Crippen LogP contribution is 2.28. The average molecular weight is 184 g/mol. The lowest BCUT2D eigenvalue weighted by atomic mass is 9.88. The zero-order valence-corrected chi connectivity index (χ0v) is 9.23. The molecule has 0 spiro atoms. The fourth-order valence-corrected chi connectivity index (χ4v) is 2.65. The summed E-state index contributed by atoms with van der Waals surface area (Å²) in [5.74, 6) is 2.96. The summed E-state index contributed by atoms with van der Waals surface area (Å²) >= 11 is 2.09. The van der Waals surface area contributed by atoms with E-state index in [2.05, 4.69) is 44.7 Å². The molecule has 0 saturated heterocycles. The molecule has 2 unspecified atom stereocenters. The second-order valence-corrected chi connectivity index (χ2v) is 5.56. The maximum Gasteiger partial charge on any atom is 0.0116 e. The van der Waals surface area contributed by atoms with Crippen molar-refractivity contribution in [1.29, 1.82) is 0 Å². The van der Waals surface area contributed by atoms with Crippen molar-refractivity contribution in [1.82, 2.24) is 0 Å². The minimum Gasteiger partial charge on any atom is -0.155 e. The van der Waals surface area contributed by atoms with Crippen molar-refractivity contribution in [2.75, 3.05) is 5.75 Å². The summed E-state index contributed by atoms with van der Waals surface area (Å²) in [6.07, 6.45) is 7.38. The van der Waals surface area contributed by atoms with E-state index < -0.39 is 0 Å². The smallest absolute Gasteiger partial charge is 0.0116 e. The van der Waals surface area contributed by atoms with E-state index in [1.54, 1.807) is 0 Å². The van der Waals surface area contributed by atoms with Gasteiger partial charge in [0.15, 0.2) is 0 Å². The van der Waals surface area contributed by atoms with E-state index >= 15 is 0 Å². The van der Waals surface area contributed by atoms with Gasteiger partial charge in [-0.3, -0.25) is 0 Å². The van der Waals surface area contributed by atoms with Crippen molar-refractivity contribution in [2.24, 2.45) is 11.8 Å². The van der Waals surface area contributed by atoms with Crippen molar-refractivity contribution in [3.63, 3.8) is 0 Å². The van der Waals surface area contributed by atoms with E-state index in [1.165, 1.54) is 18.6 Å². The molecule has 0 bridgehead atoms. The van der Waals surface area contributed by atoms with Crippen molar-refractivity contribution in [3.05, 3.63) is 12.2 Å². The van der Waals surface area contributed by atoms with Gasteiger partial charge in [-0.2, -0.15) is 11.8 Å². The molecule has 1 aliphatic heterocycles. The summed E-state index contributed by atoms with van der Waals surface area (Å²) in [4.78, 5) is 0. The molecule has 12 heavy (non-hydrogen) atoms. The molecule has 0 radical (unpaired) electrons. The van der Waals surface area contributed by atoms with Gasteiger partial charge in [0.05, 0.1) is 0 Å². The number of hydrogen-bond acceptors (Lipinski definition) is 1. The highest BCUT2D eigenvalue weighted by atomic mass is 32.2. The lowest BCUT2D eigenvalue weighted by Crippen LogP contribution is -2.14. The normalized spacial score (nSPS) is 31.7. The molecule has 0 aliphatic carbocycles. The Morgan fingerprint density at radius 3 is 2.75 bits per heavy atom. The molecule has 70 valence electrons. The molecular weight excluding hydrogens is 164 g/mol. The Kier molecular flexibility index (Phi) is 4.20. The minimum atomic E-state index is 0.843. The second kappa shape index (κ2) is 4.96. The van der Waals surface area contributed by atoms with Gasteiger partial charge >= 0.3 is 0 Å². The molecule has 0 nitrogen and oxygen atoms in total. The molecule has 0 amide bonds. The highest BCUT2D eigenvalue weighted by molar-refractivity contribution is 8.00. The first-order chi connectivity index (χ1) is 5.70. The SMILES string of the molecule is CC1CC(C(C)C)CC=CCS1. The topological polar surface area (TPSA) is 0 Å². The van der Waals surface area contributed by atoms with Gasteiger partial charge in [-0.15, -0.1) is 0 Å². The monoisotopic (exact) mass is 184 g/mol. The third kappa shape index (κ3) is 3.22. The van der Waals surface area contributed by atoms with Gasteiger partial charge in [0, 0.05) is 11.0 Å². The summed E-state index contributed by atoms with van der Waals surface area (Å²) in [6, 6.07) is 0. The predicted octanol–water partition coefficient (Wildman–Crippen LogP) is 3.73. The Morgan fingerprint density at radius 1 is 1.33 bits per heavy atom. The fourth-order valence-electron chi connectivity index (χ4n) is 1.69. The summed E-state index contributed by atoms with van der Waals surface area (Å²) in [5.41, 5.74) is 0. The summed E-state index contributed by atoms with van der Waals surface area (Å²) in [7, 11) is 0. The first kappa shape index (κ1) is 10.2. The van der Waals surface area contributed by atoms with E-state index in [-0.39, 0.29) is 0 Å². The average Bonchev–Trinajstić information content (AvgIpc) is 1.95. The molecule has 0 saturated carbocycles. The summed E-state index contributed by atoms with van der Waals surface area (Å²) in [5, 5.41) is 0.849. The maximum atomic E-state index is 2.36. The molecule has 2 atom stereocenters. The Bertz CT molecular complexity index is 149. The van der Waals surface area contributed by atoms with Crippen LogP contribution in [0, 0.1) is 11.8 Å². The first-order valence-electron chi connectivity index (χ1n) is 4.96. The van der Waals surface area contributed by atoms with Gasteiger partial charge in [-0.05, 0) is 24.7 Å². The van der Waals surface area contributed by atoms with Crippen LogP contribution in [-0.4, -0.2) is 11.0 Å². The lowest BCUT2D eigenvalue weighted by Gasteiger charge is -2.24. The first-order valence-corrected chi connectivity index (χ1v) is 6.01. The maximum absolute atomic E-state index is 2.36. The Morgan fingerprint density at radius 2 is 2.08 bits per heavy atom. The van der Waals surface area contributed by atoms with Crippen LogP contribution in [0.4, 0.5) is 0 Å². The molecule has 1 rings (SSSR count). The van der Waals surface area contributed by atoms with Gasteiger partial charge < -0.3 is 0 Å². The van der Waals surface area contributed by atoms with E-state index in [1.807, 2.05) is 0 Å². The molecule has 0 fully saturated rings. The van der Waals surface area contributed by atoms with Crippen molar-refractivity contribution >= 4 is 11.8 Å². The van der Waals surface area contributed by atoms with Crippen LogP contribution in [0.5, 0.6) is 0 Å². The lowest BCUT2D eigenvalue weighted by molar-refractivity contribution is 0.363. The zero-order chi connectivity index (χ0) is 8.97. The number of allylic oxidation sites excluding steroid dienone is 1. The molecule has 0 aromatic heterocycles. The van der Waals surface area contributed by atoms with Crippen LogP contribution in [0.2, 0.25) is 0 Å². The van der Waals surface area contributed by atoms with Crippen LogP contribution < -0.4 is 0 Å². The number of rotatable bonds is 1. The minimum absolute atomic E-state index is 0.843. The standard InChI is InChI=1S/C11H20S/c1-9(2)11-6-4-5-7-12-10(3)8-11/h4-5,9-11H,6-8H2,1-3H3. The largest absolute Gasteiger partial charge is 0.155 e. The molecule has 1 heterocycles. The molecule has 0 aromatic rings. The quantitative estimate of drug-likeness (QED) is 0.560. The molecule has 0 N–H and O–H groups in total. The van der Waals surface area contributed by atoms with Crippen LogP contribution in [0.15, 0.2) is 12.2 Å². The van der Waals surface area contributed by atoms with E-state index in [0.717, 1.165) is 17.1 Å². The zero-order valence-electron chi connectivity index (χ0n) is 8.42. The van der Waals surface area contributed by atoms with Crippen LogP contribution in [-0.2, 0) is 0 Å². The van der Waals surface area contributed by atoms with Crippen molar-refractivity contribution in [2.45, 2.75) is 38.9 Å². The molecule has 0 aromatic carbocycles. The third-order valence-electron chi connectivity index (χ3n) is 2.66. The van der Waals surface area contributed by atoms with E-state index in [4.69, 9.17) is 0 Å². The fraction of sp³-hybridized carbons (Fsp3) is 0.818. The molecule has 1 heteroatoms. The van der Waals surface area contributed by atoms with Crippen LogP contribution in [0.25, 0.3) is 0 Å². The van der Waals surface area contributed by atoms with Gasteiger partial charge in [0.1, 0.15) is 0 Å². The Balaban J connectivity index is 2.49. The number of hydrogen-bond donors (Lipinski definition) is 0. The second-order valence-electron chi connectivity index (χ2n) is 4.09. The van der Waals surface area contributed by atoms with E-state index in [0.29, 0.717) is 0 Å². The van der Waals surface area contributed by atoms with Crippen LogP contribution >= 0.6 is 11.8 Å². The van der Waals surface area contributed by atoms with Crippen LogP contribution in [0.1, 0.15) is 33.6 Å². The van der Waals surface area contributed by atoms with Gasteiger partial charge in [0.25, 0.3) is 0 Å². The summed E-state index contributed by atoms with van der Waals surface area (Å²) < 4.78 is 0.